The zero-order valence-corrected chi connectivity index (χ0v) is 9.80. The second-order valence-electron chi connectivity index (χ2n) is 3.35. The highest BCUT2D eigenvalue weighted by Gasteiger charge is 2.02. The molecule has 0 aromatic heterocycles. The summed E-state index contributed by atoms with van der Waals surface area (Å²) in [7, 11) is 0. The Bertz CT molecular complexity index is 391. The van der Waals surface area contributed by atoms with Crippen molar-refractivity contribution in [1.29, 1.82) is 0 Å². The Hall–Kier alpha value is -1.42. The van der Waals surface area contributed by atoms with Gasteiger partial charge in [-0.25, -0.2) is 0 Å². The van der Waals surface area contributed by atoms with Crippen molar-refractivity contribution in [3.05, 3.63) is 36.4 Å². The molecule has 1 aromatic rings. The Morgan fingerprint density at radius 3 is 2.94 bits per heavy atom. The topological polar surface area (TPSA) is 63.3 Å². The minimum Gasteiger partial charge on any atom is -0.508 e. The highest BCUT2D eigenvalue weighted by molar-refractivity contribution is 7.99. The van der Waals surface area contributed by atoms with Crippen LogP contribution in [0.1, 0.15) is 12.0 Å². The first kappa shape index (κ1) is 12.6. The molecule has 4 heteroatoms. The molecular formula is C12H15NO2S. The largest absolute Gasteiger partial charge is 0.508 e. The molecule has 1 rings (SSSR count). The maximum atomic E-state index is 10.6. The molecule has 0 aliphatic rings. The number of benzene rings is 1. The summed E-state index contributed by atoms with van der Waals surface area (Å²) in [4.78, 5) is 11.6. The van der Waals surface area contributed by atoms with E-state index in [1.54, 1.807) is 23.9 Å². The smallest absolute Gasteiger partial charge is 0.218 e. The third-order valence-corrected chi connectivity index (χ3v) is 3.03. The van der Waals surface area contributed by atoms with Crippen molar-refractivity contribution in [3.8, 4) is 5.75 Å². The standard InChI is InChI=1S/C12H15NO2S/c1-2-3-9-8-10(4-5-11(9)14)16-7-6-12(13)15/h2,4-5,8,14H,1,3,6-7H2,(H2,13,15). The van der Waals surface area contributed by atoms with Gasteiger partial charge in [0, 0.05) is 17.1 Å². The van der Waals surface area contributed by atoms with E-state index in [4.69, 9.17) is 5.73 Å². The SMILES string of the molecule is C=CCc1cc(SCCC(N)=O)ccc1O. The molecule has 3 N–H and O–H groups in total. The van der Waals surface area contributed by atoms with Crippen LogP contribution in [0.25, 0.3) is 0 Å². The van der Waals surface area contributed by atoms with Gasteiger partial charge in [0.1, 0.15) is 5.75 Å². The van der Waals surface area contributed by atoms with E-state index in [1.807, 2.05) is 12.1 Å². The summed E-state index contributed by atoms with van der Waals surface area (Å²) in [6.07, 6.45) is 2.74. The summed E-state index contributed by atoms with van der Waals surface area (Å²) in [5.74, 6) is 0.643. The van der Waals surface area contributed by atoms with Crippen molar-refractivity contribution in [1.82, 2.24) is 0 Å². The molecule has 0 heterocycles. The average Bonchev–Trinajstić information content (AvgIpc) is 2.22. The predicted octanol–water partition coefficient (Wildman–Crippen LogP) is 2.09. The summed E-state index contributed by atoms with van der Waals surface area (Å²) in [6.45, 7) is 3.63. The average molecular weight is 237 g/mol. The number of primary amides is 1. The lowest BCUT2D eigenvalue weighted by Gasteiger charge is -2.05. The third kappa shape index (κ3) is 3.98. The van der Waals surface area contributed by atoms with E-state index in [-0.39, 0.29) is 11.7 Å². The van der Waals surface area contributed by atoms with E-state index in [1.165, 1.54) is 0 Å². The molecule has 0 radical (unpaired) electrons. The maximum Gasteiger partial charge on any atom is 0.218 e. The van der Waals surface area contributed by atoms with Crippen molar-refractivity contribution in [2.75, 3.05) is 5.75 Å². The summed E-state index contributed by atoms with van der Waals surface area (Å²) < 4.78 is 0. The number of hydrogen-bond donors (Lipinski definition) is 2. The van der Waals surface area contributed by atoms with Crippen LogP contribution in [0.15, 0.2) is 35.7 Å². The number of amides is 1. The second kappa shape index (κ2) is 6.23. The first-order chi connectivity index (χ1) is 7.63. The van der Waals surface area contributed by atoms with Gasteiger partial charge in [-0.2, -0.15) is 0 Å². The number of aromatic hydroxyl groups is 1. The van der Waals surface area contributed by atoms with Crippen LogP contribution in [0.4, 0.5) is 0 Å². The highest BCUT2D eigenvalue weighted by Crippen LogP contribution is 2.26. The minimum atomic E-state index is -0.294. The van der Waals surface area contributed by atoms with Crippen LogP contribution in [0.2, 0.25) is 0 Å². The van der Waals surface area contributed by atoms with E-state index in [2.05, 4.69) is 6.58 Å². The van der Waals surface area contributed by atoms with Gasteiger partial charge in [0.25, 0.3) is 0 Å². The van der Waals surface area contributed by atoms with Gasteiger partial charge in [-0.05, 0) is 30.2 Å². The predicted molar refractivity (Wildman–Crippen MR) is 66.5 cm³/mol. The molecule has 0 spiro atoms. The zero-order chi connectivity index (χ0) is 12.0. The molecule has 3 nitrogen and oxygen atoms in total. The van der Waals surface area contributed by atoms with Crippen molar-refractivity contribution in [3.63, 3.8) is 0 Å². The van der Waals surface area contributed by atoms with E-state index in [0.717, 1.165) is 10.5 Å². The zero-order valence-electron chi connectivity index (χ0n) is 8.98. The normalized spacial score (nSPS) is 10.0. The Labute approximate surface area is 99.4 Å². The van der Waals surface area contributed by atoms with Gasteiger partial charge in [-0.3, -0.25) is 4.79 Å². The minimum absolute atomic E-state index is 0.277. The Morgan fingerprint density at radius 1 is 1.56 bits per heavy atom. The number of nitrogens with two attached hydrogens (primary N) is 1. The number of carbonyl (C=O) groups is 1. The Kier molecular flexibility index (Phi) is 4.92. The van der Waals surface area contributed by atoms with Gasteiger partial charge in [0.15, 0.2) is 0 Å². The summed E-state index contributed by atoms with van der Waals surface area (Å²) in [6, 6.07) is 5.39. The fourth-order valence-corrected chi connectivity index (χ4v) is 2.17. The molecule has 0 fully saturated rings. The lowest BCUT2D eigenvalue weighted by atomic mass is 10.1. The molecule has 0 atom stereocenters. The van der Waals surface area contributed by atoms with E-state index in [9.17, 15) is 9.90 Å². The van der Waals surface area contributed by atoms with Gasteiger partial charge < -0.3 is 10.8 Å². The molecule has 0 aliphatic carbocycles. The van der Waals surface area contributed by atoms with Crippen molar-refractivity contribution < 1.29 is 9.90 Å². The molecule has 1 aromatic carbocycles. The lowest BCUT2D eigenvalue weighted by molar-refractivity contribution is -0.117. The fraction of sp³-hybridized carbons (Fsp3) is 0.250. The molecule has 1 amide bonds. The van der Waals surface area contributed by atoms with Crippen LogP contribution in [0, 0.1) is 0 Å². The van der Waals surface area contributed by atoms with Crippen LogP contribution in [-0.4, -0.2) is 16.8 Å². The first-order valence-corrected chi connectivity index (χ1v) is 5.96. The molecule has 0 saturated carbocycles. The fourth-order valence-electron chi connectivity index (χ4n) is 1.24. The van der Waals surface area contributed by atoms with Gasteiger partial charge >= 0.3 is 0 Å². The van der Waals surface area contributed by atoms with E-state index >= 15 is 0 Å². The van der Waals surface area contributed by atoms with E-state index in [0.29, 0.717) is 18.6 Å². The van der Waals surface area contributed by atoms with Crippen molar-refractivity contribution >= 4 is 17.7 Å². The summed E-state index contributed by atoms with van der Waals surface area (Å²) >= 11 is 1.55. The molecule has 16 heavy (non-hydrogen) atoms. The van der Waals surface area contributed by atoms with Crippen LogP contribution in [0.3, 0.4) is 0 Å². The van der Waals surface area contributed by atoms with Gasteiger partial charge in [-0.1, -0.05) is 6.08 Å². The number of allylic oxidation sites excluding steroid dienone is 1. The van der Waals surface area contributed by atoms with Gasteiger partial charge in [0.2, 0.25) is 5.91 Å². The quantitative estimate of drug-likeness (QED) is 0.588. The summed E-state index contributed by atoms with van der Waals surface area (Å²) in [5.41, 5.74) is 5.90. The van der Waals surface area contributed by atoms with Gasteiger partial charge in [-0.15, -0.1) is 18.3 Å². The van der Waals surface area contributed by atoms with Gasteiger partial charge in [0.05, 0.1) is 0 Å². The molecule has 0 aliphatic heterocycles. The van der Waals surface area contributed by atoms with Crippen LogP contribution < -0.4 is 5.73 Å². The Balaban J connectivity index is 2.63. The summed E-state index contributed by atoms with van der Waals surface area (Å²) in [5, 5.41) is 9.55. The second-order valence-corrected chi connectivity index (χ2v) is 4.52. The van der Waals surface area contributed by atoms with Crippen LogP contribution in [0.5, 0.6) is 5.75 Å². The number of phenols is 1. The molecule has 0 unspecified atom stereocenters. The molecular weight excluding hydrogens is 222 g/mol. The van der Waals surface area contributed by atoms with Crippen LogP contribution >= 0.6 is 11.8 Å². The first-order valence-electron chi connectivity index (χ1n) is 4.97. The monoisotopic (exact) mass is 237 g/mol. The van der Waals surface area contributed by atoms with Crippen molar-refractivity contribution in [2.45, 2.75) is 17.7 Å². The Morgan fingerprint density at radius 2 is 2.31 bits per heavy atom. The molecule has 0 saturated heterocycles. The number of rotatable bonds is 6. The van der Waals surface area contributed by atoms with Crippen molar-refractivity contribution in [2.24, 2.45) is 5.73 Å². The third-order valence-electron chi connectivity index (χ3n) is 2.03. The maximum absolute atomic E-state index is 10.6. The van der Waals surface area contributed by atoms with Crippen LogP contribution in [-0.2, 0) is 11.2 Å². The number of carbonyl (C=O) groups excluding carboxylic acids is 1. The lowest BCUT2D eigenvalue weighted by Crippen LogP contribution is -2.10. The number of hydrogen-bond acceptors (Lipinski definition) is 3. The van der Waals surface area contributed by atoms with E-state index < -0.39 is 0 Å². The molecule has 0 bridgehead atoms. The highest BCUT2D eigenvalue weighted by atomic mass is 32.2. The molecule has 86 valence electrons. The number of thioether (sulfide) groups is 1. The number of phenolic OH excluding ortho intramolecular Hbond substituents is 1.